The molecule has 0 fully saturated rings. The van der Waals surface area contributed by atoms with Crippen molar-refractivity contribution in [2.75, 3.05) is 27.2 Å². The Balaban J connectivity index is 2.88. The van der Waals surface area contributed by atoms with Crippen molar-refractivity contribution in [3.63, 3.8) is 0 Å². The second-order valence-electron chi connectivity index (χ2n) is 4.61. The standard InChI is InChI=1S/C12H17F2N3O3S/c1-17(2)11(18)9-3-5-10(6-4-9)21(19,20)16-8-12(13,14)7-15/h3-6,16H,7-8,15H2,1-2H3. The fourth-order valence-corrected chi connectivity index (χ4v) is 2.45. The van der Waals surface area contributed by atoms with E-state index in [2.05, 4.69) is 0 Å². The molecule has 0 heterocycles. The molecule has 0 aliphatic carbocycles. The van der Waals surface area contributed by atoms with E-state index in [0.29, 0.717) is 5.56 Å². The molecule has 0 radical (unpaired) electrons. The maximum atomic E-state index is 13.0. The van der Waals surface area contributed by atoms with Crippen molar-refractivity contribution in [3.8, 4) is 0 Å². The van der Waals surface area contributed by atoms with Gasteiger partial charge in [-0.1, -0.05) is 0 Å². The van der Waals surface area contributed by atoms with Gasteiger partial charge in [0, 0.05) is 19.7 Å². The molecule has 1 aromatic rings. The van der Waals surface area contributed by atoms with E-state index in [4.69, 9.17) is 5.73 Å². The van der Waals surface area contributed by atoms with Gasteiger partial charge in [0.1, 0.15) is 0 Å². The van der Waals surface area contributed by atoms with E-state index in [1.165, 1.54) is 29.2 Å². The Kier molecular flexibility index (Phi) is 5.37. The molecule has 1 amide bonds. The van der Waals surface area contributed by atoms with Crippen molar-refractivity contribution in [2.45, 2.75) is 10.8 Å². The van der Waals surface area contributed by atoms with Crippen molar-refractivity contribution in [2.24, 2.45) is 5.73 Å². The molecule has 0 saturated carbocycles. The zero-order valence-corrected chi connectivity index (χ0v) is 12.5. The number of amides is 1. The average Bonchev–Trinajstić information content (AvgIpc) is 2.44. The Labute approximate surface area is 122 Å². The monoisotopic (exact) mass is 321 g/mol. The zero-order chi connectivity index (χ0) is 16.3. The smallest absolute Gasteiger partial charge is 0.273 e. The number of rotatable bonds is 6. The fraction of sp³-hybridized carbons (Fsp3) is 0.417. The number of nitrogens with one attached hydrogen (secondary N) is 1. The average molecular weight is 321 g/mol. The van der Waals surface area contributed by atoms with E-state index < -0.39 is 29.0 Å². The first-order valence-electron chi connectivity index (χ1n) is 5.98. The van der Waals surface area contributed by atoms with Crippen LogP contribution in [-0.4, -0.2) is 52.3 Å². The molecule has 6 nitrogen and oxygen atoms in total. The number of carbonyl (C=O) groups is 1. The Bertz CT molecular complexity index is 601. The van der Waals surface area contributed by atoms with Gasteiger partial charge >= 0.3 is 0 Å². The second-order valence-corrected chi connectivity index (χ2v) is 6.38. The number of sulfonamides is 1. The third-order valence-electron chi connectivity index (χ3n) is 2.64. The first-order chi connectivity index (χ1) is 9.59. The Morgan fingerprint density at radius 1 is 1.29 bits per heavy atom. The first-order valence-corrected chi connectivity index (χ1v) is 7.47. The summed E-state index contributed by atoms with van der Waals surface area (Å²) in [5.74, 6) is -3.60. The molecule has 9 heteroatoms. The number of halogens is 2. The molecule has 118 valence electrons. The minimum absolute atomic E-state index is 0.203. The van der Waals surface area contributed by atoms with Crippen LogP contribution in [0, 0.1) is 0 Å². The van der Waals surface area contributed by atoms with Crippen LogP contribution in [0.2, 0.25) is 0 Å². The number of nitrogens with two attached hydrogens (primary N) is 1. The van der Waals surface area contributed by atoms with E-state index in [0.717, 1.165) is 0 Å². The lowest BCUT2D eigenvalue weighted by molar-refractivity contribution is 0.0170. The number of carbonyl (C=O) groups excluding carboxylic acids is 1. The quantitative estimate of drug-likeness (QED) is 0.786. The molecule has 21 heavy (non-hydrogen) atoms. The van der Waals surface area contributed by atoms with E-state index in [1.807, 2.05) is 0 Å². The lowest BCUT2D eigenvalue weighted by atomic mass is 10.2. The highest BCUT2D eigenvalue weighted by molar-refractivity contribution is 7.89. The number of hydrogen-bond acceptors (Lipinski definition) is 4. The first kappa shape index (κ1) is 17.5. The van der Waals surface area contributed by atoms with Gasteiger partial charge in [0.2, 0.25) is 10.0 Å². The van der Waals surface area contributed by atoms with E-state index in [9.17, 15) is 22.0 Å². The summed E-state index contributed by atoms with van der Waals surface area (Å²) in [6, 6.07) is 5.00. The number of benzene rings is 1. The topological polar surface area (TPSA) is 92.5 Å². The number of hydrogen-bond donors (Lipinski definition) is 2. The summed E-state index contributed by atoms with van der Waals surface area (Å²) in [6.07, 6.45) is 0. The molecule has 0 saturated heterocycles. The van der Waals surface area contributed by atoms with E-state index in [1.54, 1.807) is 18.8 Å². The third-order valence-corrected chi connectivity index (χ3v) is 4.05. The molecule has 0 bridgehead atoms. The Hall–Kier alpha value is -1.58. The van der Waals surface area contributed by atoms with Gasteiger partial charge in [-0.25, -0.2) is 21.9 Å². The van der Waals surface area contributed by atoms with Crippen molar-refractivity contribution in [3.05, 3.63) is 29.8 Å². The predicted octanol–water partition coefficient (Wildman–Crippen LogP) is 0.261. The summed E-state index contributed by atoms with van der Waals surface area (Å²) in [5.41, 5.74) is 5.13. The van der Waals surface area contributed by atoms with Crippen LogP contribution in [0.15, 0.2) is 29.2 Å². The molecule has 0 aliphatic rings. The van der Waals surface area contributed by atoms with Gasteiger partial charge in [-0.05, 0) is 24.3 Å². The Morgan fingerprint density at radius 3 is 2.24 bits per heavy atom. The van der Waals surface area contributed by atoms with Gasteiger partial charge in [-0.3, -0.25) is 4.79 Å². The van der Waals surface area contributed by atoms with Crippen LogP contribution in [0.1, 0.15) is 10.4 Å². The van der Waals surface area contributed by atoms with Crippen LogP contribution in [0.4, 0.5) is 8.78 Å². The molecule has 0 unspecified atom stereocenters. The summed E-state index contributed by atoms with van der Waals surface area (Å²) in [5, 5.41) is 0. The molecule has 1 rings (SSSR count). The SMILES string of the molecule is CN(C)C(=O)c1ccc(S(=O)(=O)NCC(F)(F)CN)cc1. The van der Waals surface area contributed by atoms with Crippen LogP contribution in [0.3, 0.4) is 0 Å². The van der Waals surface area contributed by atoms with Crippen molar-refractivity contribution in [1.29, 1.82) is 0 Å². The largest absolute Gasteiger partial charge is 0.345 e. The number of alkyl halides is 2. The highest BCUT2D eigenvalue weighted by Crippen LogP contribution is 2.14. The molecule has 3 N–H and O–H groups in total. The summed E-state index contributed by atoms with van der Waals surface area (Å²) >= 11 is 0. The van der Waals surface area contributed by atoms with Crippen LogP contribution >= 0.6 is 0 Å². The maximum absolute atomic E-state index is 13.0. The summed E-state index contributed by atoms with van der Waals surface area (Å²) < 4.78 is 51.4. The van der Waals surface area contributed by atoms with Gasteiger partial charge in [0.15, 0.2) is 0 Å². The van der Waals surface area contributed by atoms with Crippen molar-refractivity contribution >= 4 is 15.9 Å². The van der Waals surface area contributed by atoms with Gasteiger partial charge in [0.05, 0.1) is 18.0 Å². The normalized spacial score (nSPS) is 12.2. The molecular formula is C12H17F2N3O3S. The van der Waals surface area contributed by atoms with Gasteiger partial charge in [-0.15, -0.1) is 0 Å². The van der Waals surface area contributed by atoms with Crippen molar-refractivity contribution in [1.82, 2.24) is 9.62 Å². The summed E-state index contributed by atoms with van der Waals surface area (Å²) in [6.45, 7) is -2.03. The minimum Gasteiger partial charge on any atom is -0.345 e. The minimum atomic E-state index is -4.08. The highest BCUT2D eigenvalue weighted by Gasteiger charge is 2.29. The fourth-order valence-electron chi connectivity index (χ4n) is 1.39. The maximum Gasteiger partial charge on any atom is 0.273 e. The molecule has 0 aliphatic heterocycles. The summed E-state index contributed by atoms with van der Waals surface area (Å²) in [4.78, 5) is 12.8. The van der Waals surface area contributed by atoms with Gasteiger partial charge < -0.3 is 10.6 Å². The summed E-state index contributed by atoms with van der Waals surface area (Å²) in [7, 11) is -0.959. The highest BCUT2D eigenvalue weighted by atomic mass is 32.2. The van der Waals surface area contributed by atoms with Crippen LogP contribution in [-0.2, 0) is 10.0 Å². The molecule has 0 atom stereocenters. The lowest BCUT2D eigenvalue weighted by Gasteiger charge is -2.15. The Morgan fingerprint density at radius 2 is 1.81 bits per heavy atom. The zero-order valence-electron chi connectivity index (χ0n) is 11.6. The van der Waals surface area contributed by atoms with Crippen molar-refractivity contribution < 1.29 is 22.0 Å². The lowest BCUT2D eigenvalue weighted by Crippen LogP contribution is -2.41. The molecule has 1 aromatic carbocycles. The molecular weight excluding hydrogens is 304 g/mol. The second kappa shape index (κ2) is 6.46. The van der Waals surface area contributed by atoms with E-state index >= 15 is 0 Å². The third kappa shape index (κ3) is 4.73. The predicted molar refractivity (Wildman–Crippen MR) is 73.6 cm³/mol. The van der Waals surface area contributed by atoms with Gasteiger partial charge in [-0.2, -0.15) is 0 Å². The molecule has 0 aromatic heterocycles. The van der Waals surface area contributed by atoms with E-state index in [-0.39, 0.29) is 10.8 Å². The van der Waals surface area contributed by atoms with Crippen LogP contribution < -0.4 is 10.5 Å². The number of nitrogens with zero attached hydrogens (tertiary/aromatic N) is 1. The van der Waals surface area contributed by atoms with Crippen LogP contribution in [0.5, 0.6) is 0 Å². The van der Waals surface area contributed by atoms with Gasteiger partial charge in [0.25, 0.3) is 11.8 Å². The van der Waals surface area contributed by atoms with Crippen LogP contribution in [0.25, 0.3) is 0 Å². The molecule has 0 spiro atoms.